The number of aromatic nitrogens is 2. The summed E-state index contributed by atoms with van der Waals surface area (Å²) in [6, 6.07) is 3.84. The maximum absolute atomic E-state index is 13.4. The molecule has 0 saturated carbocycles. The van der Waals surface area contributed by atoms with Gasteiger partial charge in [0.15, 0.2) is 0 Å². The Morgan fingerprint density at radius 1 is 1.22 bits per heavy atom. The van der Waals surface area contributed by atoms with Gasteiger partial charge in [-0.1, -0.05) is 11.6 Å². The van der Waals surface area contributed by atoms with Gasteiger partial charge in [0.1, 0.15) is 18.0 Å². The van der Waals surface area contributed by atoms with E-state index in [0.29, 0.717) is 51.4 Å². The van der Waals surface area contributed by atoms with Gasteiger partial charge in [0.05, 0.1) is 37.5 Å². The predicted molar refractivity (Wildman–Crippen MR) is 141 cm³/mol. The Balaban J connectivity index is 1.55. The van der Waals surface area contributed by atoms with E-state index in [9.17, 15) is 9.90 Å². The molecular weight excluding hydrogens is 496 g/mol. The molecule has 2 saturated heterocycles. The molecule has 0 spiro atoms. The number of aliphatic hydroxyl groups excluding tert-OH is 1. The number of ether oxygens (including phenoxy) is 3. The second kappa shape index (κ2) is 11.6. The van der Waals surface area contributed by atoms with E-state index in [1.54, 1.807) is 11.8 Å². The zero-order valence-corrected chi connectivity index (χ0v) is 23.3. The Labute approximate surface area is 224 Å². The summed E-state index contributed by atoms with van der Waals surface area (Å²) >= 11 is 6.35. The van der Waals surface area contributed by atoms with Gasteiger partial charge in [-0.3, -0.25) is 9.69 Å². The monoisotopic (exact) mass is 534 g/mol. The van der Waals surface area contributed by atoms with Crippen molar-refractivity contribution in [1.82, 2.24) is 19.6 Å². The summed E-state index contributed by atoms with van der Waals surface area (Å²) in [7, 11) is 3.53. The molecule has 0 aliphatic carbocycles. The Hall–Kier alpha value is -2.33. The highest BCUT2D eigenvalue weighted by Crippen LogP contribution is 2.31. The molecule has 204 valence electrons. The number of methoxy groups -OCH3 is 1. The third-order valence-corrected chi connectivity index (χ3v) is 7.99. The maximum atomic E-state index is 13.4. The van der Waals surface area contributed by atoms with Crippen LogP contribution in [0.1, 0.15) is 41.6 Å². The summed E-state index contributed by atoms with van der Waals surface area (Å²) in [6.45, 7) is 9.60. The lowest BCUT2D eigenvalue weighted by Crippen LogP contribution is -2.57. The van der Waals surface area contributed by atoms with Crippen LogP contribution in [-0.2, 0) is 23.1 Å². The summed E-state index contributed by atoms with van der Waals surface area (Å²) in [5, 5.41) is 15.1. The van der Waals surface area contributed by atoms with E-state index in [2.05, 4.69) is 10.00 Å². The largest absolute Gasteiger partial charge is 0.490 e. The molecule has 2 aromatic rings. The first-order valence-corrected chi connectivity index (χ1v) is 13.3. The highest BCUT2D eigenvalue weighted by atomic mass is 35.5. The van der Waals surface area contributed by atoms with E-state index in [1.807, 2.05) is 44.9 Å². The molecule has 0 bridgehead atoms. The van der Waals surface area contributed by atoms with Crippen molar-refractivity contribution < 1.29 is 24.1 Å². The van der Waals surface area contributed by atoms with E-state index in [4.69, 9.17) is 25.8 Å². The second-order valence-corrected chi connectivity index (χ2v) is 10.8. The van der Waals surface area contributed by atoms with E-state index in [-0.39, 0.29) is 25.0 Å². The molecule has 37 heavy (non-hydrogen) atoms. The molecule has 2 aliphatic heterocycles. The van der Waals surface area contributed by atoms with Crippen LogP contribution >= 0.6 is 11.6 Å². The molecule has 2 aliphatic rings. The minimum Gasteiger partial charge on any atom is -0.490 e. The van der Waals surface area contributed by atoms with Crippen LogP contribution in [0.15, 0.2) is 12.1 Å². The molecule has 10 heteroatoms. The number of aliphatic hydroxyl groups is 1. The van der Waals surface area contributed by atoms with E-state index < -0.39 is 5.60 Å². The molecule has 1 atom stereocenters. The number of hydrogen-bond donors (Lipinski definition) is 1. The average Bonchev–Trinajstić information content (AvgIpc) is 3.13. The van der Waals surface area contributed by atoms with Crippen LogP contribution in [0.25, 0.3) is 0 Å². The minimum atomic E-state index is -0.823. The summed E-state index contributed by atoms with van der Waals surface area (Å²) in [6.07, 6.45) is 1.07. The van der Waals surface area contributed by atoms with Crippen LogP contribution in [0.4, 0.5) is 0 Å². The quantitative estimate of drug-likeness (QED) is 0.557. The van der Waals surface area contributed by atoms with Crippen molar-refractivity contribution in [3.05, 3.63) is 39.5 Å². The Kier molecular flexibility index (Phi) is 8.68. The van der Waals surface area contributed by atoms with Crippen LogP contribution in [-0.4, -0.2) is 88.8 Å². The molecule has 1 N–H and O–H groups in total. The van der Waals surface area contributed by atoms with Crippen molar-refractivity contribution in [2.24, 2.45) is 7.05 Å². The summed E-state index contributed by atoms with van der Waals surface area (Å²) in [5.74, 6) is 1.47. The highest BCUT2D eigenvalue weighted by molar-refractivity contribution is 6.32. The number of rotatable bonds is 8. The number of benzene rings is 1. The molecule has 4 rings (SSSR count). The van der Waals surface area contributed by atoms with Crippen LogP contribution in [0.3, 0.4) is 0 Å². The summed E-state index contributed by atoms with van der Waals surface area (Å²) in [5.41, 5.74) is 3.01. The van der Waals surface area contributed by atoms with Gasteiger partial charge in [-0.05, 0) is 56.9 Å². The molecule has 0 radical (unpaired) electrons. The number of halogens is 1. The SMILES string of the molecule is COc1c(CN2CCO[C@@](COc3cc(C)c(Cl)c(C)c3)(CC(=O)N3CCC(O)CC3)C2)c(C)nn1C. The molecular formula is C27H39ClN4O5. The number of carbonyl (C=O) groups excluding carboxylic acids is 1. The minimum absolute atomic E-state index is 0.0240. The van der Waals surface area contributed by atoms with Crippen molar-refractivity contribution in [1.29, 1.82) is 0 Å². The molecule has 1 amide bonds. The van der Waals surface area contributed by atoms with E-state index in [1.165, 1.54) is 0 Å². The Morgan fingerprint density at radius 2 is 1.89 bits per heavy atom. The standard InChI is InChI=1S/C27H39ClN4O5/c1-18-12-22(13-19(2)25(18)28)36-17-27(14-24(34)32-8-6-21(33)7-9-32)16-31(10-11-37-27)15-23-20(3)29-30(4)26(23)35-5/h12-13,21,33H,6-11,14-17H2,1-5H3/t27-/m0/s1. The fraction of sp³-hybridized carbons (Fsp3) is 0.630. The first kappa shape index (κ1) is 27.7. The smallest absolute Gasteiger partial charge is 0.225 e. The van der Waals surface area contributed by atoms with Gasteiger partial charge in [0, 0.05) is 44.8 Å². The summed E-state index contributed by atoms with van der Waals surface area (Å²) in [4.78, 5) is 17.5. The molecule has 0 unspecified atom stereocenters. The summed E-state index contributed by atoms with van der Waals surface area (Å²) < 4.78 is 20.0. The van der Waals surface area contributed by atoms with Gasteiger partial charge in [0.2, 0.25) is 11.8 Å². The van der Waals surface area contributed by atoms with Crippen molar-refractivity contribution in [3.63, 3.8) is 0 Å². The zero-order chi connectivity index (χ0) is 26.7. The average molecular weight is 535 g/mol. The maximum Gasteiger partial charge on any atom is 0.225 e. The number of morpholine rings is 1. The molecule has 9 nitrogen and oxygen atoms in total. The van der Waals surface area contributed by atoms with Crippen molar-refractivity contribution in [3.8, 4) is 11.6 Å². The number of aryl methyl sites for hydroxylation is 4. The second-order valence-electron chi connectivity index (χ2n) is 10.4. The van der Waals surface area contributed by atoms with Crippen molar-refractivity contribution in [2.45, 2.75) is 58.3 Å². The molecule has 3 heterocycles. The van der Waals surface area contributed by atoms with Gasteiger partial charge in [-0.2, -0.15) is 5.10 Å². The van der Waals surface area contributed by atoms with Crippen LogP contribution in [0.2, 0.25) is 5.02 Å². The van der Waals surface area contributed by atoms with Gasteiger partial charge in [0.25, 0.3) is 0 Å². The molecule has 1 aromatic carbocycles. The lowest BCUT2D eigenvalue weighted by Gasteiger charge is -2.43. The fourth-order valence-electron chi connectivity index (χ4n) is 5.35. The number of piperidine rings is 1. The van der Waals surface area contributed by atoms with Crippen LogP contribution < -0.4 is 9.47 Å². The van der Waals surface area contributed by atoms with Gasteiger partial charge in [-0.25, -0.2) is 4.68 Å². The van der Waals surface area contributed by atoms with E-state index in [0.717, 1.165) is 39.8 Å². The van der Waals surface area contributed by atoms with Gasteiger partial charge < -0.3 is 24.2 Å². The van der Waals surface area contributed by atoms with Crippen LogP contribution in [0, 0.1) is 20.8 Å². The van der Waals surface area contributed by atoms with Crippen molar-refractivity contribution in [2.75, 3.05) is 46.5 Å². The number of likely N-dealkylation sites (tertiary alicyclic amines) is 1. The van der Waals surface area contributed by atoms with Crippen LogP contribution in [0.5, 0.6) is 11.6 Å². The first-order valence-electron chi connectivity index (χ1n) is 12.9. The zero-order valence-electron chi connectivity index (χ0n) is 22.6. The van der Waals surface area contributed by atoms with E-state index >= 15 is 0 Å². The fourth-order valence-corrected chi connectivity index (χ4v) is 5.46. The third kappa shape index (κ3) is 6.39. The molecule has 1 aromatic heterocycles. The Bertz CT molecular complexity index is 1090. The first-order chi connectivity index (χ1) is 17.6. The lowest BCUT2D eigenvalue weighted by molar-refractivity contribution is -0.158. The van der Waals surface area contributed by atoms with Crippen molar-refractivity contribution >= 4 is 17.5 Å². The number of nitrogens with zero attached hydrogens (tertiary/aromatic N) is 4. The van der Waals surface area contributed by atoms with Gasteiger partial charge >= 0.3 is 0 Å². The Morgan fingerprint density at radius 3 is 2.54 bits per heavy atom. The lowest BCUT2D eigenvalue weighted by atomic mass is 9.95. The number of hydrogen-bond acceptors (Lipinski definition) is 7. The number of carbonyl (C=O) groups is 1. The molecule has 2 fully saturated rings. The highest BCUT2D eigenvalue weighted by Gasteiger charge is 2.42. The number of amides is 1. The topological polar surface area (TPSA) is 89.3 Å². The third-order valence-electron chi connectivity index (χ3n) is 7.39. The predicted octanol–water partition coefficient (Wildman–Crippen LogP) is 3.03. The van der Waals surface area contributed by atoms with Gasteiger partial charge in [-0.15, -0.1) is 0 Å². The normalized spacial score (nSPS) is 21.3.